The summed E-state index contributed by atoms with van der Waals surface area (Å²) in [7, 11) is 0. The molecule has 11 aromatic rings. The van der Waals surface area contributed by atoms with Gasteiger partial charge in [-0.25, -0.2) is 0 Å². The lowest BCUT2D eigenvalue weighted by atomic mass is 9.89. The third kappa shape index (κ3) is 3.63. The zero-order chi connectivity index (χ0) is 31.3. The van der Waals surface area contributed by atoms with Gasteiger partial charge in [-0.2, -0.15) is 0 Å². The van der Waals surface area contributed by atoms with E-state index in [1.165, 1.54) is 48.7 Å². The molecule has 0 aliphatic heterocycles. The first kappa shape index (κ1) is 25.8. The second-order valence-corrected chi connectivity index (χ2v) is 12.9. The van der Waals surface area contributed by atoms with Crippen molar-refractivity contribution in [3.05, 3.63) is 158 Å². The van der Waals surface area contributed by atoms with Crippen molar-refractivity contribution in [1.82, 2.24) is 0 Å². The van der Waals surface area contributed by atoms with Crippen LogP contribution in [0.5, 0.6) is 0 Å². The Morgan fingerprint density at radius 1 is 0.292 bits per heavy atom. The number of rotatable bonds is 2. The van der Waals surface area contributed by atoms with Gasteiger partial charge in [0.2, 0.25) is 0 Å². The molecule has 2 heterocycles. The fraction of sp³-hybridized carbons (Fsp3) is 0. The Hall–Kier alpha value is -6.38. The second-order valence-electron chi connectivity index (χ2n) is 12.9. The lowest BCUT2D eigenvalue weighted by Gasteiger charge is -2.14. The van der Waals surface area contributed by atoms with Gasteiger partial charge in [-0.05, 0) is 114 Å². The average Bonchev–Trinajstić information content (AvgIpc) is 3.69. The summed E-state index contributed by atoms with van der Waals surface area (Å²) < 4.78 is 13.1. The first-order chi connectivity index (χ1) is 23.8. The normalized spacial score (nSPS) is 12.2. The Labute approximate surface area is 275 Å². The fourth-order valence-corrected chi connectivity index (χ4v) is 7.98. The molecule has 9 aromatic carbocycles. The van der Waals surface area contributed by atoms with Gasteiger partial charge in [-0.3, -0.25) is 0 Å². The Morgan fingerprint density at radius 2 is 0.896 bits per heavy atom. The largest absolute Gasteiger partial charge is 0.456 e. The van der Waals surface area contributed by atoms with Crippen LogP contribution in [0.4, 0.5) is 0 Å². The highest BCUT2D eigenvalue weighted by Crippen LogP contribution is 2.43. The highest BCUT2D eigenvalue weighted by molar-refractivity contribution is 6.21. The summed E-state index contributed by atoms with van der Waals surface area (Å²) in [6.07, 6.45) is 0. The molecule has 0 aliphatic rings. The summed E-state index contributed by atoms with van der Waals surface area (Å²) in [4.78, 5) is 0. The molecule has 0 N–H and O–H groups in total. The van der Waals surface area contributed by atoms with Gasteiger partial charge in [0.25, 0.3) is 0 Å². The van der Waals surface area contributed by atoms with E-state index < -0.39 is 0 Å². The highest BCUT2D eigenvalue weighted by Gasteiger charge is 2.17. The minimum absolute atomic E-state index is 0.878. The molecule has 0 unspecified atom stereocenters. The molecule has 0 bridgehead atoms. The standard InChI is InChI=1S/C46H26O2/c1-2-10-29-24-44-40(22-28(29)9-1)46-35(14-7-15-41(46)47-44)31-17-19-36-37-20-18-32(26-43(37)48-42(36)25-31)45-34-13-6-4-11-30(34)23-39-33-12-5-3-8-27(33)16-21-38(39)45/h1-26H. The molecule has 0 amide bonds. The van der Waals surface area contributed by atoms with E-state index in [0.717, 1.165) is 60.6 Å². The molecule has 48 heavy (non-hydrogen) atoms. The van der Waals surface area contributed by atoms with Crippen molar-refractivity contribution < 1.29 is 8.83 Å². The predicted molar refractivity (Wildman–Crippen MR) is 202 cm³/mol. The smallest absolute Gasteiger partial charge is 0.136 e. The molecule has 0 atom stereocenters. The Balaban J connectivity index is 1.11. The van der Waals surface area contributed by atoms with Crippen LogP contribution in [0.15, 0.2) is 167 Å². The lowest BCUT2D eigenvalue weighted by molar-refractivity contribution is 0.668. The maximum Gasteiger partial charge on any atom is 0.136 e. The molecule has 222 valence electrons. The van der Waals surface area contributed by atoms with Crippen LogP contribution in [0.25, 0.3) is 109 Å². The summed E-state index contributed by atoms with van der Waals surface area (Å²) in [5.41, 5.74) is 8.20. The van der Waals surface area contributed by atoms with Crippen LogP contribution in [0.2, 0.25) is 0 Å². The Bertz CT molecular complexity index is 3120. The lowest BCUT2D eigenvalue weighted by Crippen LogP contribution is -1.87. The van der Waals surface area contributed by atoms with Crippen molar-refractivity contribution in [3.63, 3.8) is 0 Å². The van der Waals surface area contributed by atoms with E-state index >= 15 is 0 Å². The summed E-state index contributed by atoms with van der Waals surface area (Å²) in [5, 5.41) is 14.4. The van der Waals surface area contributed by atoms with Crippen LogP contribution in [0, 0.1) is 0 Å². The van der Waals surface area contributed by atoms with E-state index in [1.54, 1.807) is 0 Å². The minimum Gasteiger partial charge on any atom is -0.456 e. The Morgan fingerprint density at radius 3 is 1.73 bits per heavy atom. The number of benzene rings is 9. The predicted octanol–water partition coefficient (Wildman–Crippen LogP) is 13.4. The van der Waals surface area contributed by atoms with Crippen LogP contribution in [-0.2, 0) is 0 Å². The van der Waals surface area contributed by atoms with E-state index in [4.69, 9.17) is 8.83 Å². The molecule has 0 spiro atoms. The van der Waals surface area contributed by atoms with Gasteiger partial charge < -0.3 is 8.83 Å². The first-order valence-electron chi connectivity index (χ1n) is 16.4. The van der Waals surface area contributed by atoms with E-state index in [9.17, 15) is 0 Å². The van der Waals surface area contributed by atoms with Gasteiger partial charge in [-0.15, -0.1) is 0 Å². The molecule has 2 nitrogen and oxygen atoms in total. The summed E-state index contributed by atoms with van der Waals surface area (Å²) in [6, 6.07) is 56.7. The average molecular weight is 611 g/mol. The number of hydrogen-bond acceptors (Lipinski definition) is 2. The molecule has 2 heteroatoms. The molecule has 2 aromatic heterocycles. The van der Waals surface area contributed by atoms with Crippen molar-refractivity contribution in [3.8, 4) is 22.3 Å². The summed E-state index contributed by atoms with van der Waals surface area (Å²) in [5.74, 6) is 0. The quantitative estimate of drug-likeness (QED) is 0.144. The summed E-state index contributed by atoms with van der Waals surface area (Å²) >= 11 is 0. The van der Waals surface area contributed by atoms with Crippen molar-refractivity contribution in [2.45, 2.75) is 0 Å². The zero-order valence-electron chi connectivity index (χ0n) is 25.8. The topological polar surface area (TPSA) is 26.3 Å². The van der Waals surface area contributed by atoms with Gasteiger partial charge in [0.15, 0.2) is 0 Å². The highest BCUT2D eigenvalue weighted by atomic mass is 16.3. The minimum atomic E-state index is 0.878. The number of furan rings is 2. The maximum absolute atomic E-state index is 6.69. The molecule has 11 rings (SSSR count). The summed E-state index contributed by atoms with van der Waals surface area (Å²) in [6.45, 7) is 0. The van der Waals surface area contributed by atoms with E-state index in [1.807, 2.05) is 0 Å². The van der Waals surface area contributed by atoms with Crippen LogP contribution >= 0.6 is 0 Å². The number of fused-ring (bicyclic) bond motifs is 11. The molecule has 0 saturated carbocycles. The monoisotopic (exact) mass is 610 g/mol. The molecular weight excluding hydrogens is 585 g/mol. The third-order valence-electron chi connectivity index (χ3n) is 10.2. The maximum atomic E-state index is 6.69. The van der Waals surface area contributed by atoms with Crippen molar-refractivity contribution in [2.24, 2.45) is 0 Å². The third-order valence-corrected chi connectivity index (χ3v) is 10.2. The first-order valence-corrected chi connectivity index (χ1v) is 16.4. The van der Waals surface area contributed by atoms with Crippen molar-refractivity contribution in [2.75, 3.05) is 0 Å². The molecule has 0 fully saturated rings. The fourth-order valence-electron chi connectivity index (χ4n) is 7.98. The van der Waals surface area contributed by atoms with E-state index in [-0.39, 0.29) is 0 Å². The van der Waals surface area contributed by atoms with E-state index in [0.29, 0.717) is 0 Å². The zero-order valence-corrected chi connectivity index (χ0v) is 25.8. The van der Waals surface area contributed by atoms with Crippen LogP contribution in [0.3, 0.4) is 0 Å². The molecule has 0 radical (unpaired) electrons. The molecule has 0 saturated heterocycles. The van der Waals surface area contributed by atoms with Crippen molar-refractivity contribution in [1.29, 1.82) is 0 Å². The second kappa shape index (κ2) is 9.57. The van der Waals surface area contributed by atoms with Gasteiger partial charge in [0.1, 0.15) is 22.3 Å². The van der Waals surface area contributed by atoms with Gasteiger partial charge in [0, 0.05) is 21.5 Å². The molecular formula is C46H26O2. The van der Waals surface area contributed by atoms with Gasteiger partial charge in [-0.1, -0.05) is 109 Å². The van der Waals surface area contributed by atoms with Gasteiger partial charge in [0.05, 0.1) is 0 Å². The van der Waals surface area contributed by atoms with Gasteiger partial charge >= 0.3 is 0 Å². The Kier molecular flexibility index (Phi) is 5.14. The van der Waals surface area contributed by atoms with Crippen LogP contribution in [0.1, 0.15) is 0 Å². The van der Waals surface area contributed by atoms with E-state index in [2.05, 4.69) is 158 Å². The molecule has 0 aliphatic carbocycles. The van der Waals surface area contributed by atoms with Crippen molar-refractivity contribution >= 4 is 87.0 Å². The van der Waals surface area contributed by atoms with Crippen LogP contribution in [-0.4, -0.2) is 0 Å². The number of hydrogen-bond donors (Lipinski definition) is 0. The SMILES string of the molecule is c1ccc2cc3c(cc2c1)oc1cccc(-c2ccc4c(c2)oc2cc(-c5c6ccccc6cc6c5ccc5ccccc56)ccc24)c13. The van der Waals surface area contributed by atoms with Crippen LogP contribution < -0.4 is 0 Å².